The second-order valence-electron chi connectivity index (χ2n) is 7.11. The van der Waals surface area contributed by atoms with E-state index in [0.29, 0.717) is 28.9 Å². The molecule has 0 heterocycles. The number of benzene rings is 2. The van der Waals surface area contributed by atoms with Crippen molar-refractivity contribution in [2.45, 2.75) is 20.0 Å². The lowest BCUT2D eigenvalue weighted by Crippen LogP contribution is -2.18. The van der Waals surface area contributed by atoms with Gasteiger partial charge in [-0.1, -0.05) is 13.0 Å². The topological polar surface area (TPSA) is 83.1 Å². The van der Waals surface area contributed by atoms with Crippen LogP contribution in [0.3, 0.4) is 0 Å². The highest BCUT2D eigenvalue weighted by atomic mass is 79.9. The van der Waals surface area contributed by atoms with Crippen molar-refractivity contribution in [1.29, 1.82) is 0 Å². The fraction of sp³-hybridized carbons (Fsp3) is 0.364. The maximum Gasteiger partial charge on any atom is 0.340 e. The van der Waals surface area contributed by atoms with E-state index >= 15 is 0 Å². The van der Waals surface area contributed by atoms with Crippen LogP contribution in [-0.2, 0) is 16.1 Å². The molecular weight excluding hydrogens is 454 g/mol. The first kappa shape index (κ1) is 22.0. The summed E-state index contributed by atoms with van der Waals surface area (Å²) in [4.78, 5) is 25.3. The van der Waals surface area contributed by atoms with E-state index < -0.39 is 5.97 Å². The Bertz CT molecular complexity index is 961. The Morgan fingerprint density at radius 1 is 1.03 bits per heavy atom. The number of hydrogen-bond donors (Lipinski definition) is 1. The van der Waals surface area contributed by atoms with Crippen LogP contribution in [0.1, 0.15) is 29.3 Å². The molecule has 30 heavy (non-hydrogen) atoms. The summed E-state index contributed by atoms with van der Waals surface area (Å²) < 4.78 is 22.1. The molecule has 2 aromatic carbocycles. The van der Waals surface area contributed by atoms with Gasteiger partial charge in [0.05, 0.1) is 37.1 Å². The van der Waals surface area contributed by atoms with Crippen LogP contribution < -0.4 is 19.5 Å². The van der Waals surface area contributed by atoms with Crippen molar-refractivity contribution < 1.29 is 28.5 Å². The maximum absolute atomic E-state index is 12.8. The Balaban J connectivity index is 1.81. The fourth-order valence-electron chi connectivity index (χ4n) is 3.09. The molecule has 1 saturated carbocycles. The Labute approximate surface area is 183 Å². The van der Waals surface area contributed by atoms with Gasteiger partial charge in [-0.3, -0.25) is 4.79 Å². The number of esters is 1. The molecule has 2 atom stereocenters. The van der Waals surface area contributed by atoms with E-state index in [2.05, 4.69) is 21.2 Å². The highest BCUT2D eigenvalue weighted by molar-refractivity contribution is 9.10. The average Bonchev–Trinajstić information content (AvgIpc) is 3.48. The van der Waals surface area contributed by atoms with E-state index in [1.807, 2.05) is 19.1 Å². The van der Waals surface area contributed by atoms with Crippen LogP contribution in [0.2, 0.25) is 0 Å². The molecule has 7 nitrogen and oxygen atoms in total. The number of methoxy groups -OCH3 is 3. The first-order chi connectivity index (χ1) is 14.4. The van der Waals surface area contributed by atoms with Gasteiger partial charge < -0.3 is 24.3 Å². The maximum atomic E-state index is 12.8. The molecule has 8 heteroatoms. The van der Waals surface area contributed by atoms with Gasteiger partial charge >= 0.3 is 5.97 Å². The lowest BCUT2D eigenvalue weighted by Gasteiger charge is -2.15. The quantitative estimate of drug-likeness (QED) is 0.566. The number of hydrogen-bond acceptors (Lipinski definition) is 6. The molecule has 2 unspecified atom stereocenters. The first-order valence-electron chi connectivity index (χ1n) is 9.44. The zero-order valence-corrected chi connectivity index (χ0v) is 18.9. The molecule has 0 radical (unpaired) electrons. The molecule has 0 aliphatic heterocycles. The lowest BCUT2D eigenvalue weighted by molar-refractivity contribution is -0.117. The summed E-state index contributed by atoms with van der Waals surface area (Å²) in [7, 11) is 4.55. The fourth-order valence-corrected chi connectivity index (χ4v) is 3.68. The van der Waals surface area contributed by atoms with Gasteiger partial charge in [-0.15, -0.1) is 0 Å². The number of nitrogens with one attached hydrogen (secondary N) is 1. The van der Waals surface area contributed by atoms with E-state index in [4.69, 9.17) is 18.9 Å². The largest absolute Gasteiger partial charge is 0.496 e. The van der Waals surface area contributed by atoms with Gasteiger partial charge in [0, 0.05) is 18.1 Å². The number of rotatable bonds is 8. The number of ether oxygens (including phenoxy) is 4. The number of anilines is 1. The molecule has 3 rings (SSSR count). The third-order valence-electron chi connectivity index (χ3n) is 5.03. The van der Waals surface area contributed by atoms with Crippen LogP contribution in [0, 0.1) is 11.8 Å². The highest BCUT2D eigenvalue weighted by Gasteiger charge is 2.39. The number of carbonyl (C=O) groups excluding carboxylic acids is 2. The monoisotopic (exact) mass is 477 g/mol. The van der Waals surface area contributed by atoms with Gasteiger partial charge in [0.1, 0.15) is 12.4 Å². The molecule has 0 aromatic heterocycles. The van der Waals surface area contributed by atoms with Gasteiger partial charge in [-0.2, -0.15) is 0 Å². The summed E-state index contributed by atoms with van der Waals surface area (Å²) in [5, 5.41) is 2.83. The first-order valence-corrected chi connectivity index (χ1v) is 10.2. The molecule has 160 valence electrons. The normalized spacial score (nSPS) is 17.1. The molecule has 1 N–H and O–H groups in total. The van der Waals surface area contributed by atoms with Crippen molar-refractivity contribution >= 4 is 33.5 Å². The minimum atomic E-state index is -0.581. The molecule has 0 saturated heterocycles. The van der Waals surface area contributed by atoms with Gasteiger partial charge in [-0.25, -0.2) is 4.79 Å². The summed E-state index contributed by atoms with van der Waals surface area (Å²) in [6.45, 7) is 2.07. The van der Waals surface area contributed by atoms with Crippen molar-refractivity contribution in [1.82, 2.24) is 0 Å². The molecule has 0 spiro atoms. The van der Waals surface area contributed by atoms with Crippen LogP contribution in [0.25, 0.3) is 0 Å². The highest BCUT2D eigenvalue weighted by Crippen LogP contribution is 2.40. The number of halogens is 1. The molecular formula is C22H24BrNO6. The molecule has 1 fully saturated rings. The third-order valence-corrected chi connectivity index (χ3v) is 5.65. The predicted molar refractivity (Wildman–Crippen MR) is 115 cm³/mol. The van der Waals surface area contributed by atoms with Crippen LogP contribution >= 0.6 is 15.9 Å². The van der Waals surface area contributed by atoms with Crippen LogP contribution in [-0.4, -0.2) is 33.2 Å². The minimum absolute atomic E-state index is 0.0429. The van der Waals surface area contributed by atoms with E-state index in [-0.39, 0.29) is 24.0 Å². The minimum Gasteiger partial charge on any atom is -0.496 e. The summed E-state index contributed by atoms with van der Waals surface area (Å²) >= 11 is 3.41. The summed E-state index contributed by atoms with van der Waals surface area (Å²) in [5.41, 5.74) is 1.31. The Morgan fingerprint density at radius 3 is 2.23 bits per heavy atom. The zero-order valence-electron chi connectivity index (χ0n) is 17.3. The second-order valence-corrected chi connectivity index (χ2v) is 7.96. The molecule has 1 aliphatic rings. The number of amides is 1. The van der Waals surface area contributed by atoms with Crippen molar-refractivity contribution in [3.05, 3.63) is 45.9 Å². The van der Waals surface area contributed by atoms with Crippen molar-refractivity contribution in [2.75, 3.05) is 26.6 Å². The van der Waals surface area contributed by atoms with Crippen LogP contribution in [0.15, 0.2) is 34.8 Å². The third kappa shape index (κ3) is 4.87. The Hall–Kier alpha value is -2.74. The van der Waals surface area contributed by atoms with Crippen molar-refractivity contribution in [3.8, 4) is 17.2 Å². The summed E-state index contributed by atoms with van der Waals surface area (Å²) in [5.74, 6) is 1.06. The molecule has 1 amide bonds. The van der Waals surface area contributed by atoms with Gasteiger partial charge in [-0.05, 0) is 46.0 Å². The predicted octanol–water partition coefficient (Wildman–Crippen LogP) is 4.43. The average molecular weight is 478 g/mol. The van der Waals surface area contributed by atoms with E-state index in [1.165, 1.54) is 20.3 Å². The Morgan fingerprint density at radius 2 is 1.67 bits per heavy atom. The Kier molecular flexibility index (Phi) is 6.87. The van der Waals surface area contributed by atoms with Crippen molar-refractivity contribution in [2.24, 2.45) is 11.8 Å². The van der Waals surface area contributed by atoms with E-state index in [0.717, 1.165) is 16.5 Å². The van der Waals surface area contributed by atoms with Gasteiger partial charge in [0.25, 0.3) is 0 Å². The van der Waals surface area contributed by atoms with Gasteiger partial charge in [0.2, 0.25) is 5.91 Å². The summed E-state index contributed by atoms with van der Waals surface area (Å²) in [6, 6.07) is 8.49. The van der Waals surface area contributed by atoms with Crippen LogP contribution in [0.5, 0.6) is 17.2 Å². The van der Waals surface area contributed by atoms with Crippen LogP contribution in [0.4, 0.5) is 5.69 Å². The smallest absolute Gasteiger partial charge is 0.340 e. The van der Waals surface area contributed by atoms with Gasteiger partial charge in [0.15, 0.2) is 11.5 Å². The SMILES string of the molecule is COc1ccc(COC(=O)c2cc(OC)c(OC)cc2NC(=O)C2CC2C)cc1Br. The molecule has 2 aromatic rings. The second kappa shape index (κ2) is 9.38. The van der Waals surface area contributed by atoms with Crippen molar-refractivity contribution in [3.63, 3.8) is 0 Å². The zero-order chi connectivity index (χ0) is 21.8. The molecule has 1 aliphatic carbocycles. The summed E-state index contributed by atoms with van der Waals surface area (Å²) in [6.07, 6.45) is 0.839. The van der Waals surface area contributed by atoms with E-state index in [9.17, 15) is 9.59 Å². The number of carbonyl (C=O) groups is 2. The van der Waals surface area contributed by atoms with E-state index in [1.54, 1.807) is 19.2 Å². The standard InChI is InChI=1S/C22H24BrNO6/c1-12-7-14(12)21(25)24-17-10-20(29-4)19(28-3)9-15(17)22(26)30-11-13-5-6-18(27-2)16(23)8-13/h5-6,8-10,12,14H,7,11H2,1-4H3,(H,24,25). The molecule has 0 bridgehead atoms. The lowest BCUT2D eigenvalue weighted by atomic mass is 10.1.